The van der Waals surface area contributed by atoms with Gasteiger partial charge in [-0.3, -0.25) is 4.99 Å². The van der Waals surface area contributed by atoms with Gasteiger partial charge in [0.2, 0.25) is 0 Å². The first-order chi connectivity index (χ1) is 9.16. The van der Waals surface area contributed by atoms with E-state index in [0.29, 0.717) is 5.25 Å². The van der Waals surface area contributed by atoms with Gasteiger partial charge in [-0.2, -0.15) is 0 Å². The lowest BCUT2D eigenvalue weighted by atomic mass is 10.1. The molecule has 2 nitrogen and oxygen atoms in total. The number of hydrogen-bond donors (Lipinski definition) is 1. The van der Waals surface area contributed by atoms with Crippen molar-refractivity contribution in [3.63, 3.8) is 0 Å². The monoisotopic (exact) mass is 286 g/mol. The standard InChI is InChI=1S/C16H34N2S/c1-4-5-6-7-8-9-10-11-12-13-14-18-16(17)19-15(2)3/h15H,4-14H2,1-3H3,(H2,17,18). The SMILES string of the molecule is CCCCCCCCCCCCN=C(N)SC(C)C. The minimum atomic E-state index is 0.538. The maximum Gasteiger partial charge on any atom is 0.154 e. The fourth-order valence-electron chi connectivity index (χ4n) is 2.07. The van der Waals surface area contributed by atoms with Crippen molar-refractivity contribution >= 4 is 16.9 Å². The smallest absolute Gasteiger partial charge is 0.154 e. The molecule has 0 aliphatic heterocycles. The van der Waals surface area contributed by atoms with Gasteiger partial charge in [-0.15, -0.1) is 0 Å². The van der Waals surface area contributed by atoms with Gasteiger partial charge in [0.25, 0.3) is 0 Å². The second kappa shape index (κ2) is 14.2. The summed E-state index contributed by atoms with van der Waals surface area (Å²) >= 11 is 1.66. The van der Waals surface area contributed by atoms with Gasteiger partial charge >= 0.3 is 0 Å². The van der Waals surface area contributed by atoms with E-state index in [9.17, 15) is 0 Å². The summed E-state index contributed by atoms with van der Waals surface area (Å²) in [6.07, 6.45) is 13.7. The van der Waals surface area contributed by atoms with Gasteiger partial charge in [0, 0.05) is 11.8 Å². The molecule has 0 aliphatic carbocycles. The molecule has 0 aromatic heterocycles. The Bertz CT molecular complexity index is 215. The largest absolute Gasteiger partial charge is 0.379 e. The van der Waals surface area contributed by atoms with Crippen molar-refractivity contribution in [1.29, 1.82) is 0 Å². The van der Waals surface area contributed by atoms with E-state index < -0.39 is 0 Å². The lowest BCUT2D eigenvalue weighted by Crippen LogP contribution is -2.10. The van der Waals surface area contributed by atoms with E-state index in [1.54, 1.807) is 11.8 Å². The predicted octanol–water partition coefficient (Wildman–Crippen LogP) is 5.36. The summed E-state index contributed by atoms with van der Waals surface area (Å²) in [5.74, 6) is 0. The van der Waals surface area contributed by atoms with Crippen molar-refractivity contribution in [3.05, 3.63) is 0 Å². The second-order valence-electron chi connectivity index (χ2n) is 5.57. The number of rotatable bonds is 12. The number of nitrogens with zero attached hydrogens (tertiary/aromatic N) is 1. The van der Waals surface area contributed by atoms with Crippen LogP contribution in [0, 0.1) is 0 Å². The van der Waals surface area contributed by atoms with Gasteiger partial charge in [0.1, 0.15) is 0 Å². The van der Waals surface area contributed by atoms with Crippen LogP contribution in [0.1, 0.15) is 85.0 Å². The third-order valence-electron chi connectivity index (χ3n) is 3.14. The van der Waals surface area contributed by atoms with Crippen LogP contribution in [0.15, 0.2) is 4.99 Å². The van der Waals surface area contributed by atoms with E-state index in [-0.39, 0.29) is 0 Å². The van der Waals surface area contributed by atoms with Crippen LogP contribution in [0.4, 0.5) is 0 Å². The third-order valence-corrected chi connectivity index (χ3v) is 3.98. The van der Waals surface area contributed by atoms with Crippen molar-refractivity contribution in [2.24, 2.45) is 10.7 Å². The number of nitrogens with two attached hydrogens (primary N) is 1. The summed E-state index contributed by atoms with van der Waals surface area (Å²) in [5, 5.41) is 1.29. The van der Waals surface area contributed by atoms with Gasteiger partial charge in [-0.1, -0.05) is 90.3 Å². The van der Waals surface area contributed by atoms with Gasteiger partial charge in [0.05, 0.1) is 0 Å². The molecule has 19 heavy (non-hydrogen) atoms. The highest BCUT2D eigenvalue weighted by atomic mass is 32.2. The lowest BCUT2D eigenvalue weighted by molar-refractivity contribution is 0.558. The van der Waals surface area contributed by atoms with Crippen molar-refractivity contribution in [3.8, 4) is 0 Å². The zero-order chi connectivity index (χ0) is 14.3. The Morgan fingerprint density at radius 1 is 0.895 bits per heavy atom. The first-order valence-corrected chi connectivity index (χ1v) is 9.01. The van der Waals surface area contributed by atoms with Crippen LogP contribution >= 0.6 is 11.8 Å². The number of amidine groups is 1. The van der Waals surface area contributed by atoms with Crippen molar-refractivity contribution < 1.29 is 0 Å². The van der Waals surface area contributed by atoms with Gasteiger partial charge in [0.15, 0.2) is 5.17 Å². The van der Waals surface area contributed by atoms with Gasteiger partial charge in [-0.25, -0.2) is 0 Å². The average molecular weight is 287 g/mol. The van der Waals surface area contributed by atoms with E-state index in [0.717, 1.165) is 11.7 Å². The number of hydrogen-bond acceptors (Lipinski definition) is 2. The topological polar surface area (TPSA) is 38.4 Å². The summed E-state index contributed by atoms with van der Waals surface area (Å²) in [6.45, 7) is 7.47. The van der Waals surface area contributed by atoms with Crippen LogP contribution < -0.4 is 5.73 Å². The van der Waals surface area contributed by atoms with Crippen molar-refractivity contribution in [2.45, 2.75) is 90.2 Å². The van der Waals surface area contributed by atoms with Crippen LogP contribution in [0.3, 0.4) is 0 Å². The molecule has 0 aromatic carbocycles. The van der Waals surface area contributed by atoms with Crippen LogP contribution in [-0.4, -0.2) is 17.0 Å². The first-order valence-electron chi connectivity index (χ1n) is 8.13. The quantitative estimate of drug-likeness (QED) is 0.298. The van der Waals surface area contributed by atoms with Gasteiger partial charge in [-0.05, 0) is 6.42 Å². The van der Waals surface area contributed by atoms with Crippen molar-refractivity contribution in [1.82, 2.24) is 0 Å². The highest BCUT2D eigenvalue weighted by molar-refractivity contribution is 8.14. The summed E-state index contributed by atoms with van der Waals surface area (Å²) in [5.41, 5.74) is 5.81. The molecule has 0 aromatic rings. The molecule has 0 aliphatic rings. The predicted molar refractivity (Wildman–Crippen MR) is 91.1 cm³/mol. The molecule has 3 heteroatoms. The Kier molecular flexibility index (Phi) is 14.1. The Morgan fingerprint density at radius 2 is 1.37 bits per heavy atom. The normalized spacial score (nSPS) is 12.3. The zero-order valence-corrected chi connectivity index (χ0v) is 14.1. The van der Waals surface area contributed by atoms with Crippen LogP contribution in [0.2, 0.25) is 0 Å². The van der Waals surface area contributed by atoms with E-state index in [1.165, 1.54) is 64.2 Å². The Labute approximate surface area is 125 Å². The minimum Gasteiger partial charge on any atom is -0.379 e. The molecule has 0 rings (SSSR count). The maximum absolute atomic E-state index is 5.81. The molecule has 0 unspecified atom stereocenters. The lowest BCUT2D eigenvalue weighted by Gasteiger charge is -2.04. The van der Waals surface area contributed by atoms with Crippen molar-refractivity contribution in [2.75, 3.05) is 6.54 Å². The van der Waals surface area contributed by atoms with E-state index >= 15 is 0 Å². The molecule has 0 radical (unpaired) electrons. The molecular weight excluding hydrogens is 252 g/mol. The third kappa shape index (κ3) is 15.8. The summed E-state index contributed by atoms with van der Waals surface area (Å²) in [7, 11) is 0. The van der Waals surface area contributed by atoms with Gasteiger partial charge < -0.3 is 5.73 Å². The van der Waals surface area contributed by atoms with Crippen LogP contribution in [0.25, 0.3) is 0 Å². The Morgan fingerprint density at radius 3 is 1.84 bits per heavy atom. The molecule has 0 saturated heterocycles. The summed E-state index contributed by atoms with van der Waals surface area (Å²) < 4.78 is 0. The number of aliphatic imine (C=N–C) groups is 1. The molecule has 2 N–H and O–H groups in total. The summed E-state index contributed by atoms with van der Waals surface area (Å²) in [6, 6.07) is 0. The number of unbranched alkanes of at least 4 members (excludes halogenated alkanes) is 9. The molecule has 0 saturated carbocycles. The molecule has 114 valence electrons. The fraction of sp³-hybridized carbons (Fsp3) is 0.938. The molecular formula is C16H34N2S. The first kappa shape index (κ1) is 18.8. The van der Waals surface area contributed by atoms with Crippen LogP contribution in [-0.2, 0) is 0 Å². The highest BCUT2D eigenvalue weighted by Crippen LogP contribution is 2.11. The molecule has 0 spiro atoms. The Balaban J connectivity index is 3.18. The summed E-state index contributed by atoms with van der Waals surface area (Å²) in [4.78, 5) is 4.39. The zero-order valence-electron chi connectivity index (χ0n) is 13.3. The highest BCUT2D eigenvalue weighted by Gasteiger charge is 1.97. The van der Waals surface area contributed by atoms with E-state index in [2.05, 4.69) is 25.8 Å². The van der Waals surface area contributed by atoms with E-state index in [1.807, 2.05) is 0 Å². The minimum absolute atomic E-state index is 0.538. The molecule has 0 atom stereocenters. The molecule has 0 heterocycles. The number of thioether (sulfide) groups is 1. The average Bonchev–Trinajstić information content (AvgIpc) is 2.35. The maximum atomic E-state index is 5.81. The second-order valence-corrected chi connectivity index (χ2v) is 7.17. The molecule has 0 amide bonds. The fourth-order valence-corrected chi connectivity index (χ4v) is 2.72. The molecule has 0 bridgehead atoms. The molecule has 0 fully saturated rings. The van der Waals surface area contributed by atoms with Crippen LogP contribution in [0.5, 0.6) is 0 Å². The Hall–Kier alpha value is -0.180. The van der Waals surface area contributed by atoms with E-state index in [4.69, 9.17) is 5.73 Å².